The lowest BCUT2D eigenvalue weighted by molar-refractivity contribution is 0.0868. The van der Waals surface area contributed by atoms with Gasteiger partial charge in [0.1, 0.15) is 5.75 Å². The maximum absolute atomic E-state index is 12.0. The Hall–Kier alpha value is -1.86. The molecule has 1 aromatic heterocycles. The summed E-state index contributed by atoms with van der Waals surface area (Å²) < 4.78 is 11.7. The van der Waals surface area contributed by atoms with Gasteiger partial charge in [-0.2, -0.15) is 0 Å². The van der Waals surface area contributed by atoms with Crippen LogP contribution in [0.1, 0.15) is 19.8 Å². The number of rotatable bonds is 4. The highest BCUT2D eigenvalue weighted by Crippen LogP contribution is 2.29. The first-order valence-corrected chi connectivity index (χ1v) is 8.11. The number of thiazole rings is 1. The third kappa shape index (κ3) is 3.31. The summed E-state index contributed by atoms with van der Waals surface area (Å²) in [5, 5.41) is 6.26. The van der Waals surface area contributed by atoms with Crippen LogP contribution in [0.5, 0.6) is 5.75 Å². The van der Waals surface area contributed by atoms with Gasteiger partial charge in [0.25, 0.3) is 0 Å². The van der Waals surface area contributed by atoms with E-state index in [1.807, 2.05) is 25.1 Å². The van der Waals surface area contributed by atoms with E-state index < -0.39 is 0 Å². The highest BCUT2D eigenvalue weighted by atomic mass is 32.1. The molecule has 2 aromatic rings. The summed E-state index contributed by atoms with van der Waals surface area (Å²) in [6.07, 6.45) is 2.14. The Morgan fingerprint density at radius 2 is 2.41 bits per heavy atom. The van der Waals surface area contributed by atoms with Gasteiger partial charge in [0.2, 0.25) is 0 Å². The van der Waals surface area contributed by atoms with E-state index in [0.29, 0.717) is 5.13 Å². The molecule has 1 fully saturated rings. The molecule has 1 aromatic carbocycles. The number of methoxy groups -OCH3 is 1. The highest BCUT2D eigenvalue weighted by molar-refractivity contribution is 7.22. The first kappa shape index (κ1) is 15.1. The van der Waals surface area contributed by atoms with Crippen LogP contribution in [-0.4, -0.2) is 36.9 Å². The zero-order chi connectivity index (χ0) is 15.5. The van der Waals surface area contributed by atoms with Gasteiger partial charge in [-0.1, -0.05) is 11.3 Å². The number of carbonyl (C=O) groups is 1. The van der Waals surface area contributed by atoms with E-state index in [1.54, 1.807) is 7.11 Å². The van der Waals surface area contributed by atoms with Crippen molar-refractivity contribution >= 4 is 32.7 Å². The average Bonchev–Trinajstić information content (AvgIpc) is 3.15. The number of anilines is 1. The first-order chi connectivity index (χ1) is 10.7. The van der Waals surface area contributed by atoms with Crippen molar-refractivity contribution in [3.05, 3.63) is 18.2 Å². The maximum Gasteiger partial charge on any atom is 0.321 e. The van der Waals surface area contributed by atoms with Crippen LogP contribution in [0, 0.1) is 0 Å². The quantitative estimate of drug-likeness (QED) is 0.908. The monoisotopic (exact) mass is 321 g/mol. The molecule has 2 amide bonds. The second kappa shape index (κ2) is 6.50. The predicted octanol–water partition coefficient (Wildman–Crippen LogP) is 2.99. The summed E-state index contributed by atoms with van der Waals surface area (Å²) in [4.78, 5) is 16.4. The molecule has 118 valence electrons. The van der Waals surface area contributed by atoms with E-state index >= 15 is 0 Å². The molecule has 3 rings (SSSR count). The molecule has 0 aliphatic carbocycles. The number of benzene rings is 1. The smallest absolute Gasteiger partial charge is 0.321 e. The second-order valence-electron chi connectivity index (χ2n) is 5.29. The lowest BCUT2D eigenvalue weighted by atomic mass is 10.1. The zero-order valence-corrected chi connectivity index (χ0v) is 13.4. The number of aromatic nitrogens is 1. The zero-order valence-electron chi connectivity index (χ0n) is 12.6. The maximum atomic E-state index is 12.0. The van der Waals surface area contributed by atoms with E-state index in [1.165, 1.54) is 11.3 Å². The van der Waals surface area contributed by atoms with Gasteiger partial charge in [-0.25, -0.2) is 9.78 Å². The molecule has 2 N–H and O–H groups in total. The van der Waals surface area contributed by atoms with Gasteiger partial charge < -0.3 is 14.8 Å². The van der Waals surface area contributed by atoms with Crippen molar-refractivity contribution in [3.63, 3.8) is 0 Å². The third-order valence-corrected chi connectivity index (χ3v) is 4.63. The van der Waals surface area contributed by atoms with E-state index in [4.69, 9.17) is 9.47 Å². The minimum atomic E-state index is -0.256. The molecule has 0 unspecified atom stereocenters. The van der Waals surface area contributed by atoms with Gasteiger partial charge in [-0.05, 0) is 38.0 Å². The van der Waals surface area contributed by atoms with Crippen molar-refractivity contribution in [2.24, 2.45) is 0 Å². The van der Waals surface area contributed by atoms with Gasteiger partial charge in [-0.15, -0.1) is 0 Å². The standard InChI is InChI=1S/C15H19N3O3S/c1-9(12-4-3-7-21-12)16-14(19)18-15-17-11-6-5-10(20-2)8-13(11)22-15/h5-6,8-9,12H,3-4,7H2,1-2H3,(H2,16,17,18,19)/t9-,12+/m0/s1. The second-order valence-corrected chi connectivity index (χ2v) is 6.32. The van der Waals surface area contributed by atoms with Gasteiger partial charge in [0.15, 0.2) is 5.13 Å². The molecule has 0 spiro atoms. The molecule has 6 nitrogen and oxygen atoms in total. The highest BCUT2D eigenvalue weighted by Gasteiger charge is 2.23. The van der Waals surface area contributed by atoms with Crippen LogP contribution in [0.15, 0.2) is 18.2 Å². The van der Waals surface area contributed by atoms with Crippen LogP contribution in [0.4, 0.5) is 9.93 Å². The molecule has 1 aliphatic rings. The van der Waals surface area contributed by atoms with Crippen LogP contribution in [0.3, 0.4) is 0 Å². The molecule has 1 saturated heterocycles. The average molecular weight is 321 g/mol. The summed E-state index contributed by atoms with van der Waals surface area (Å²) in [5.74, 6) is 0.777. The fourth-order valence-corrected chi connectivity index (χ4v) is 3.40. The Bertz CT molecular complexity index is 667. The minimum Gasteiger partial charge on any atom is -0.497 e. The topological polar surface area (TPSA) is 72.5 Å². The number of ether oxygens (including phenoxy) is 2. The largest absolute Gasteiger partial charge is 0.497 e. The Labute approximate surface area is 132 Å². The number of urea groups is 1. The van der Waals surface area contributed by atoms with E-state index in [-0.39, 0.29) is 18.2 Å². The third-order valence-electron chi connectivity index (χ3n) is 3.70. The number of nitrogens with one attached hydrogen (secondary N) is 2. The number of nitrogens with zero attached hydrogens (tertiary/aromatic N) is 1. The van der Waals surface area contributed by atoms with Crippen molar-refractivity contribution in [2.45, 2.75) is 31.9 Å². The summed E-state index contributed by atoms with van der Waals surface area (Å²) in [6, 6.07) is 5.37. The molecule has 0 radical (unpaired) electrons. The Morgan fingerprint density at radius 1 is 1.55 bits per heavy atom. The van der Waals surface area contributed by atoms with Crippen molar-refractivity contribution in [2.75, 3.05) is 19.0 Å². The number of fused-ring (bicyclic) bond motifs is 1. The van der Waals surface area contributed by atoms with Gasteiger partial charge >= 0.3 is 6.03 Å². The fourth-order valence-electron chi connectivity index (χ4n) is 2.52. The minimum absolute atomic E-state index is 0.0167. The van der Waals surface area contributed by atoms with E-state index in [2.05, 4.69) is 15.6 Å². The molecular formula is C15H19N3O3S. The lowest BCUT2D eigenvalue weighted by Crippen LogP contribution is -2.42. The molecular weight excluding hydrogens is 302 g/mol. The number of carbonyl (C=O) groups excluding carboxylic acids is 1. The van der Waals surface area contributed by atoms with Crippen LogP contribution in [0.25, 0.3) is 10.2 Å². The first-order valence-electron chi connectivity index (χ1n) is 7.29. The summed E-state index contributed by atoms with van der Waals surface area (Å²) in [5.41, 5.74) is 0.841. The van der Waals surface area contributed by atoms with Crippen molar-refractivity contribution in [3.8, 4) is 5.75 Å². The molecule has 0 saturated carbocycles. The summed E-state index contributed by atoms with van der Waals surface area (Å²) >= 11 is 1.42. The van der Waals surface area contributed by atoms with Gasteiger partial charge in [0, 0.05) is 6.61 Å². The molecule has 2 heterocycles. The van der Waals surface area contributed by atoms with Gasteiger partial charge in [0.05, 0.1) is 29.5 Å². The molecule has 7 heteroatoms. The van der Waals surface area contributed by atoms with Crippen molar-refractivity contribution < 1.29 is 14.3 Å². The predicted molar refractivity (Wildman–Crippen MR) is 86.8 cm³/mol. The Balaban J connectivity index is 1.63. The van der Waals surface area contributed by atoms with Crippen molar-refractivity contribution in [1.29, 1.82) is 0 Å². The molecule has 22 heavy (non-hydrogen) atoms. The van der Waals surface area contributed by atoms with Crippen molar-refractivity contribution in [1.82, 2.24) is 10.3 Å². The Morgan fingerprint density at radius 3 is 3.14 bits per heavy atom. The van der Waals surface area contributed by atoms with Gasteiger partial charge in [-0.3, -0.25) is 5.32 Å². The normalized spacial score (nSPS) is 19.1. The van der Waals surface area contributed by atoms with E-state index in [0.717, 1.165) is 35.4 Å². The molecule has 2 atom stereocenters. The SMILES string of the molecule is COc1ccc2nc(NC(=O)N[C@@H](C)[C@H]3CCCO3)sc2c1. The summed E-state index contributed by atoms with van der Waals surface area (Å²) in [6.45, 7) is 2.73. The fraction of sp³-hybridized carbons (Fsp3) is 0.467. The number of hydrogen-bond acceptors (Lipinski definition) is 5. The number of hydrogen-bond donors (Lipinski definition) is 2. The number of amides is 2. The van der Waals surface area contributed by atoms with Crippen LogP contribution in [0.2, 0.25) is 0 Å². The lowest BCUT2D eigenvalue weighted by Gasteiger charge is -2.19. The van der Waals surface area contributed by atoms with Crippen LogP contribution >= 0.6 is 11.3 Å². The molecule has 1 aliphatic heterocycles. The van der Waals surface area contributed by atoms with E-state index in [9.17, 15) is 4.79 Å². The van der Waals surface area contributed by atoms with Crippen LogP contribution in [-0.2, 0) is 4.74 Å². The Kier molecular flexibility index (Phi) is 4.44. The van der Waals surface area contributed by atoms with Crippen LogP contribution < -0.4 is 15.4 Å². The molecule has 0 bridgehead atoms. The summed E-state index contributed by atoms with van der Waals surface area (Å²) in [7, 11) is 1.63.